The van der Waals surface area contributed by atoms with E-state index >= 15 is 0 Å². The topological polar surface area (TPSA) is 80.2 Å². The Balaban J connectivity index is 1.69. The maximum Gasteiger partial charge on any atom is 0.251 e. The van der Waals surface area contributed by atoms with E-state index in [-0.39, 0.29) is 43.8 Å². The van der Waals surface area contributed by atoms with Crippen LogP contribution >= 0.6 is 0 Å². The second kappa shape index (κ2) is 9.30. The van der Waals surface area contributed by atoms with Crippen molar-refractivity contribution in [1.82, 2.24) is 9.62 Å². The number of nitrogens with zero attached hydrogens (tertiary/aromatic N) is 1. The molecule has 3 rings (SSSR count). The molecule has 156 valence electrons. The van der Waals surface area contributed by atoms with E-state index in [9.17, 15) is 17.6 Å². The Morgan fingerprint density at radius 2 is 1.96 bits per heavy atom. The summed E-state index contributed by atoms with van der Waals surface area (Å²) in [6, 6.07) is 3.60. The van der Waals surface area contributed by atoms with Crippen LogP contribution in [0.1, 0.15) is 36.5 Å². The molecule has 0 radical (unpaired) electrons. The molecule has 1 aromatic carbocycles. The van der Waals surface area contributed by atoms with Gasteiger partial charge in [-0.05, 0) is 24.6 Å². The van der Waals surface area contributed by atoms with Crippen LogP contribution in [-0.2, 0) is 14.8 Å². The van der Waals surface area contributed by atoms with Gasteiger partial charge in [-0.15, -0.1) is 0 Å². The molecule has 0 atom stereocenters. The molecule has 0 aliphatic carbocycles. The smallest absolute Gasteiger partial charge is 0.251 e. The predicted molar refractivity (Wildman–Crippen MR) is 102 cm³/mol. The highest BCUT2D eigenvalue weighted by molar-refractivity contribution is 7.89. The molecule has 2 saturated heterocycles. The number of benzene rings is 1. The molecule has 2 aliphatic heterocycles. The number of sulfonamides is 1. The van der Waals surface area contributed by atoms with Gasteiger partial charge in [0, 0.05) is 37.5 Å². The van der Waals surface area contributed by atoms with Gasteiger partial charge in [-0.2, -0.15) is 4.31 Å². The van der Waals surface area contributed by atoms with Crippen molar-refractivity contribution in [2.45, 2.75) is 37.1 Å². The van der Waals surface area contributed by atoms with Crippen LogP contribution in [0.2, 0.25) is 0 Å². The van der Waals surface area contributed by atoms with E-state index in [2.05, 4.69) is 12.2 Å². The fourth-order valence-electron chi connectivity index (χ4n) is 3.81. The lowest BCUT2D eigenvalue weighted by Crippen LogP contribution is -3.13. The number of quaternary nitrogens is 1. The fourth-order valence-corrected chi connectivity index (χ4v) is 5.31. The summed E-state index contributed by atoms with van der Waals surface area (Å²) in [5.41, 5.74) is 0.163. The lowest BCUT2D eigenvalue weighted by molar-refractivity contribution is -0.905. The van der Waals surface area contributed by atoms with Crippen molar-refractivity contribution in [3.63, 3.8) is 0 Å². The third kappa shape index (κ3) is 4.89. The van der Waals surface area contributed by atoms with E-state index in [1.807, 2.05) is 0 Å². The number of ether oxygens (including phenoxy) is 1. The maximum atomic E-state index is 14.3. The van der Waals surface area contributed by atoms with Crippen molar-refractivity contribution in [3.05, 3.63) is 29.6 Å². The number of hydrogen-bond donors (Lipinski definition) is 2. The molecule has 0 saturated carbocycles. The molecule has 2 heterocycles. The second-order valence-corrected chi connectivity index (χ2v) is 9.32. The molecule has 9 heteroatoms. The first kappa shape index (κ1) is 21.2. The predicted octanol–water partition coefficient (Wildman–Crippen LogP) is 0.0337. The molecule has 0 aromatic heterocycles. The number of morpholine rings is 1. The number of nitrogens with one attached hydrogen (secondary N) is 2. The van der Waals surface area contributed by atoms with Gasteiger partial charge < -0.3 is 15.0 Å². The van der Waals surface area contributed by atoms with Gasteiger partial charge >= 0.3 is 0 Å². The highest BCUT2D eigenvalue weighted by atomic mass is 32.2. The zero-order valence-corrected chi connectivity index (χ0v) is 17.1. The number of piperidine rings is 1. The highest BCUT2D eigenvalue weighted by Crippen LogP contribution is 2.22. The van der Waals surface area contributed by atoms with Gasteiger partial charge in [0.2, 0.25) is 10.0 Å². The first-order chi connectivity index (χ1) is 13.4. The Kier molecular flexibility index (Phi) is 7.03. The van der Waals surface area contributed by atoms with Crippen LogP contribution < -0.4 is 10.2 Å². The third-order valence-corrected chi connectivity index (χ3v) is 7.33. The number of halogens is 1. The van der Waals surface area contributed by atoms with Crippen LogP contribution in [-0.4, -0.2) is 70.6 Å². The lowest BCUT2D eigenvalue weighted by Gasteiger charge is -2.29. The Bertz CT molecular complexity index is 788. The van der Waals surface area contributed by atoms with Gasteiger partial charge in [-0.3, -0.25) is 4.79 Å². The Morgan fingerprint density at radius 1 is 1.29 bits per heavy atom. The normalized spacial score (nSPS) is 24.1. The second-order valence-electron chi connectivity index (χ2n) is 7.41. The fraction of sp³-hybridized carbons (Fsp3) is 0.632. The Labute approximate surface area is 165 Å². The van der Waals surface area contributed by atoms with Crippen LogP contribution in [0.25, 0.3) is 0 Å². The van der Waals surface area contributed by atoms with Crippen molar-refractivity contribution < 1.29 is 27.2 Å². The number of carbonyl (C=O) groups excluding carboxylic acids is 1. The van der Waals surface area contributed by atoms with Gasteiger partial charge in [0.05, 0.1) is 32.8 Å². The minimum atomic E-state index is -4.00. The summed E-state index contributed by atoms with van der Waals surface area (Å²) in [4.78, 5) is 13.7. The monoisotopic (exact) mass is 414 g/mol. The summed E-state index contributed by atoms with van der Waals surface area (Å²) in [5.74, 6) is -1.21. The van der Waals surface area contributed by atoms with Crippen LogP contribution in [0.15, 0.2) is 23.1 Å². The minimum absolute atomic E-state index is 0.0671. The maximum absolute atomic E-state index is 14.3. The summed E-state index contributed by atoms with van der Waals surface area (Å²) in [6.07, 6.45) is 2.92. The molecule has 2 N–H and O–H groups in total. The molecule has 0 bridgehead atoms. The molecule has 0 unspecified atom stereocenters. The number of likely N-dealkylation sites (tertiary alicyclic amines) is 1. The summed E-state index contributed by atoms with van der Waals surface area (Å²) >= 11 is 0. The van der Waals surface area contributed by atoms with Crippen molar-refractivity contribution in [3.8, 4) is 0 Å². The number of rotatable bonds is 6. The number of carbonyl (C=O) groups is 1. The van der Waals surface area contributed by atoms with Crippen LogP contribution in [0.3, 0.4) is 0 Å². The largest absolute Gasteiger partial charge is 0.379 e. The number of amides is 1. The van der Waals surface area contributed by atoms with Crippen molar-refractivity contribution in [2.24, 2.45) is 0 Å². The molecule has 1 amide bonds. The SMILES string of the molecule is CCC[NH+]1CCC(NC(=O)c2ccc(F)c(S(=O)(=O)N3CCOCC3)c2)CC1. The van der Waals surface area contributed by atoms with Crippen molar-refractivity contribution >= 4 is 15.9 Å². The Morgan fingerprint density at radius 3 is 2.61 bits per heavy atom. The molecule has 28 heavy (non-hydrogen) atoms. The van der Waals surface area contributed by atoms with E-state index in [1.165, 1.54) is 10.4 Å². The molecular weight excluding hydrogens is 385 g/mol. The zero-order chi connectivity index (χ0) is 20.1. The summed E-state index contributed by atoms with van der Waals surface area (Å²) in [6.45, 7) is 6.24. The zero-order valence-electron chi connectivity index (χ0n) is 16.2. The quantitative estimate of drug-likeness (QED) is 0.689. The molecule has 2 fully saturated rings. The van der Waals surface area contributed by atoms with Gasteiger partial charge in [0.25, 0.3) is 5.91 Å². The molecule has 2 aliphatic rings. The molecular formula is C19H29FN3O4S+. The standard InChI is InChI=1S/C19H28FN3O4S/c1-2-7-22-8-5-16(6-9-22)21-19(24)15-3-4-17(20)18(14-15)28(25,26)23-10-12-27-13-11-23/h3-4,14,16H,2,5-13H2,1H3,(H,21,24)/p+1. The molecule has 0 spiro atoms. The van der Waals surface area contributed by atoms with Crippen LogP contribution in [0.5, 0.6) is 0 Å². The summed E-state index contributed by atoms with van der Waals surface area (Å²) in [5, 5.41) is 2.97. The van der Waals surface area contributed by atoms with E-state index in [0.29, 0.717) is 0 Å². The lowest BCUT2D eigenvalue weighted by atomic mass is 10.0. The van der Waals surface area contributed by atoms with E-state index < -0.39 is 20.7 Å². The average Bonchev–Trinajstić information content (AvgIpc) is 2.70. The van der Waals surface area contributed by atoms with Crippen LogP contribution in [0.4, 0.5) is 4.39 Å². The number of hydrogen-bond acceptors (Lipinski definition) is 4. The van der Waals surface area contributed by atoms with E-state index in [0.717, 1.165) is 51.0 Å². The molecule has 7 nitrogen and oxygen atoms in total. The van der Waals surface area contributed by atoms with Gasteiger partial charge in [0.15, 0.2) is 0 Å². The highest BCUT2D eigenvalue weighted by Gasteiger charge is 2.30. The summed E-state index contributed by atoms with van der Waals surface area (Å²) in [7, 11) is -4.00. The van der Waals surface area contributed by atoms with Gasteiger partial charge in [-0.25, -0.2) is 12.8 Å². The Hall–Kier alpha value is -1.55. The van der Waals surface area contributed by atoms with Gasteiger partial charge in [0.1, 0.15) is 10.7 Å². The van der Waals surface area contributed by atoms with Gasteiger partial charge in [-0.1, -0.05) is 6.92 Å². The van der Waals surface area contributed by atoms with Crippen molar-refractivity contribution in [1.29, 1.82) is 0 Å². The van der Waals surface area contributed by atoms with Crippen LogP contribution in [0, 0.1) is 5.82 Å². The first-order valence-electron chi connectivity index (χ1n) is 9.93. The summed E-state index contributed by atoms with van der Waals surface area (Å²) < 4.78 is 46.2. The minimum Gasteiger partial charge on any atom is -0.379 e. The van der Waals surface area contributed by atoms with E-state index in [1.54, 1.807) is 4.90 Å². The average molecular weight is 415 g/mol. The van der Waals surface area contributed by atoms with E-state index in [4.69, 9.17) is 4.74 Å². The first-order valence-corrected chi connectivity index (χ1v) is 11.4. The molecule has 1 aromatic rings. The third-order valence-electron chi connectivity index (χ3n) is 5.41. The van der Waals surface area contributed by atoms with Crippen molar-refractivity contribution in [2.75, 3.05) is 45.9 Å².